The van der Waals surface area contributed by atoms with Gasteiger partial charge in [0.1, 0.15) is 0 Å². The lowest BCUT2D eigenvalue weighted by atomic mass is 10.2. The van der Waals surface area contributed by atoms with E-state index in [0.717, 1.165) is 16.4 Å². The molecule has 0 saturated carbocycles. The number of carbonyl (C=O) groups excluding carboxylic acids is 1. The highest BCUT2D eigenvalue weighted by Crippen LogP contribution is 2.30. The molecule has 1 aromatic carbocycles. The summed E-state index contributed by atoms with van der Waals surface area (Å²) in [6.07, 6.45) is 3.67. The van der Waals surface area contributed by atoms with Gasteiger partial charge in [0, 0.05) is 33.4 Å². The van der Waals surface area contributed by atoms with Gasteiger partial charge in [-0.15, -0.1) is 6.58 Å². The Labute approximate surface area is 129 Å². The third-order valence-electron chi connectivity index (χ3n) is 3.05. The van der Waals surface area contributed by atoms with Crippen molar-refractivity contribution >= 4 is 34.6 Å². The summed E-state index contributed by atoms with van der Waals surface area (Å²) in [7, 11) is 5.90. The Hall–Kier alpha value is -2.01. The molecular weight excluding hydrogens is 282 g/mol. The van der Waals surface area contributed by atoms with Crippen LogP contribution in [0.1, 0.15) is 5.56 Å². The second-order valence-electron chi connectivity index (χ2n) is 4.97. The van der Waals surface area contributed by atoms with E-state index in [1.807, 2.05) is 61.3 Å². The summed E-state index contributed by atoms with van der Waals surface area (Å²) in [6, 6.07) is 8.06. The van der Waals surface area contributed by atoms with Crippen LogP contribution in [0.5, 0.6) is 0 Å². The van der Waals surface area contributed by atoms with Gasteiger partial charge >= 0.3 is 0 Å². The topological polar surface area (TPSA) is 35.9 Å². The number of aliphatic imine (C=N–C) groups is 1. The highest BCUT2D eigenvalue weighted by atomic mass is 32.2. The fraction of sp³-hybridized carbons (Fsp3) is 0.250. The van der Waals surface area contributed by atoms with Crippen molar-refractivity contribution in [1.82, 2.24) is 4.90 Å². The van der Waals surface area contributed by atoms with Crippen LogP contribution in [0.25, 0.3) is 6.08 Å². The van der Waals surface area contributed by atoms with Crippen LogP contribution in [0.3, 0.4) is 0 Å². The van der Waals surface area contributed by atoms with Gasteiger partial charge in [0.2, 0.25) is 0 Å². The van der Waals surface area contributed by atoms with Crippen molar-refractivity contribution < 1.29 is 4.79 Å². The minimum absolute atomic E-state index is 0.178. The van der Waals surface area contributed by atoms with Crippen LogP contribution in [-0.4, -0.2) is 43.7 Å². The van der Waals surface area contributed by atoms with Crippen LogP contribution in [0.15, 0.2) is 46.8 Å². The van der Waals surface area contributed by atoms with Crippen LogP contribution in [-0.2, 0) is 4.79 Å². The van der Waals surface area contributed by atoms with Crippen LogP contribution in [0.4, 0.5) is 5.69 Å². The molecule has 4 nitrogen and oxygen atoms in total. The number of hydrogen-bond donors (Lipinski definition) is 0. The molecule has 0 fully saturated rings. The average molecular weight is 301 g/mol. The molecule has 0 N–H and O–H groups in total. The molecular formula is C16H19N3OS. The molecule has 1 aliphatic rings. The normalized spacial score (nSPS) is 16.0. The summed E-state index contributed by atoms with van der Waals surface area (Å²) in [5.74, 6) is -0.178. The number of amides is 1. The number of hydrogen-bond acceptors (Lipinski definition) is 4. The first-order chi connectivity index (χ1) is 10.0. The highest BCUT2D eigenvalue weighted by molar-refractivity contribution is 8.18. The van der Waals surface area contributed by atoms with Gasteiger partial charge < -0.3 is 9.80 Å². The smallest absolute Gasteiger partial charge is 0.286 e. The Balaban J connectivity index is 2.13. The van der Waals surface area contributed by atoms with Crippen molar-refractivity contribution in [2.24, 2.45) is 4.99 Å². The van der Waals surface area contributed by atoms with Crippen LogP contribution in [0.2, 0.25) is 0 Å². The molecule has 0 aliphatic carbocycles. The van der Waals surface area contributed by atoms with E-state index in [0.29, 0.717) is 11.4 Å². The van der Waals surface area contributed by atoms with Gasteiger partial charge in [-0.3, -0.25) is 4.79 Å². The number of benzene rings is 1. The number of thioether (sulfide) groups is 1. The maximum atomic E-state index is 11.9. The Kier molecular flexibility index (Phi) is 4.85. The average Bonchev–Trinajstić information content (AvgIpc) is 2.81. The number of carbonyl (C=O) groups is 1. The summed E-state index contributed by atoms with van der Waals surface area (Å²) < 4.78 is 0. The van der Waals surface area contributed by atoms with Crippen LogP contribution >= 0.6 is 11.8 Å². The quantitative estimate of drug-likeness (QED) is 0.633. The number of anilines is 1. The maximum Gasteiger partial charge on any atom is 0.286 e. The molecule has 0 bridgehead atoms. The van der Waals surface area contributed by atoms with Gasteiger partial charge in [0.15, 0.2) is 5.17 Å². The van der Waals surface area contributed by atoms with Crippen molar-refractivity contribution in [3.8, 4) is 0 Å². The molecule has 0 unspecified atom stereocenters. The Morgan fingerprint density at radius 1 is 1.24 bits per heavy atom. The van der Waals surface area contributed by atoms with E-state index in [4.69, 9.17) is 0 Å². The monoisotopic (exact) mass is 301 g/mol. The zero-order chi connectivity index (χ0) is 15.4. The molecule has 0 spiro atoms. The highest BCUT2D eigenvalue weighted by Gasteiger charge is 2.23. The minimum atomic E-state index is -0.178. The van der Waals surface area contributed by atoms with E-state index in [2.05, 4.69) is 11.6 Å². The molecule has 1 amide bonds. The van der Waals surface area contributed by atoms with E-state index < -0.39 is 0 Å². The first-order valence-electron chi connectivity index (χ1n) is 6.63. The molecule has 0 radical (unpaired) electrons. The van der Waals surface area contributed by atoms with Crippen molar-refractivity contribution in [2.45, 2.75) is 0 Å². The van der Waals surface area contributed by atoms with Gasteiger partial charge in [-0.05, 0) is 35.5 Å². The second kappa shape index (κ2) is 6.63. The molecule has 5 heteroatoms. The Morgan fingerprint density at radius 2 is 1.90 bits per heavy atom. The summed E-state index contributed by atoms with van der Waals surface area (Å²) in [5, 5.41) is 0.719. The number of rotatable bonds is 4. The van der Waals surface area contributed by atoms with Crippen molar-refractivity contribution in [1.29, 1.82) is 0 Å². The molecule has 110 valence electrons. The maximum absolute atomic E-state index is 11.9. The van der Waals surface area contributed by atoms with Gasteiger partial charge in [0.25, 0.3) is 5.91 Å². The molecule has 21 heavy (non-hydrogen) atoms. The standard InChI is InChI=1S/C16H19N3OS/c1-5-10-19(4)16-17-15(20)14(21-16)11-12-6-8-13(9-7-12)18(2)3/h5-9,11H,1,10H2,2-4H3/b14-11+. The first kappa shape index (κ1) is 15.4. The van der Waals surface area contributed by atoms with Crippen molar-refractivity contribution in [3.05, 3.63) is 47.4 Å². The zero-order valence-electron chi connectivity index (χ0n) is 12.5. The zero-order valence-corrected chi connectivity index (χ0v) is 13.4. The summed E-state index contributed by atoms with van der Waals surface area (Å²) >= 11 is 1.40. The fourth-order valence-corrected chi connectivity index (χ4v) is 2.74. The van der Waals surface area contributed by atoms with E-state index in [-0.39, 0.29) is 5.91 Å². The Bertz CT molecular complexity index is 602. The third kappa shape index (κ3) is 3.76. The van der Waals surface area contributed by atoms with Crippen LogP contribution < -0.4 is 4.90 Å². The number of amidine groups is 1. The third-order valence-corrected chi connectivity index (χ3v) is 4.14. The van der Waals surface area contributed by atoms with Crippen molar-refractivity contribution in [3.63, 3.8) is 0 Å². The molecule has 1 aromatic rings. The molecule has 1 aliphatic heterocycles. The Morgan fingerprint density at radius 3 is 2.48 bits per heavy atom. The van der Waals surface area contributed by atoms with E-state index in [1.165, 1.54) is 11.8 Å². The predicted octanol–water partition coefficient (Wildman–Crippen LogP) is 2.84. The fourth-order valence-electron chi connectivity index (χ4n) is 1.85. The van der Waals surface area contributed by atoms with Gasteiger partial charge in [0.05, 0.1) is 4.91 Å². The summed E-state index contributed by atoms with van der Waals surface area (Å²) in [5.41, 5.74) is 2.13. The second-order valence-corrected chi connectivity index (χ2v) is 5.97. The summed E-state index contributed by atoms with van der Waals surface area (Å²) in [4.78, 5) is 20.6. The van der Waals surface area contributed by atoms with E-state index >= 15 is 0 Å². The largest absolute Gasteiger partial charge is 0.378 e. The van der Waals surface area contributed by atoms with Gasteiger partial charge in [-0.1, -0.05) is 18.2 Å². The lowest BCUT2D eigenvalue weighted by molar-refractivity contribution is -0.113. The van der Waals surface area contributed by atoms with Gasteiger partial charge in [-0.25, -0.2) is 0 Å². The molecule has 0 aromatic heterocycles. The first-order valence-corrected chi connectivity index (χ1v) is 7.45. The van der Waals surface area contributed by atoms with E-state index in [9.17, 15) is 4.79 Å². The van der Waals surface area contributed by atoms with Crippen molar-refractivity contribution in [2.75, 3.05) is 32.6 Å². The molecule has 2 rings (SSSR count). The van der Waals surface area contributed by atoms with Crippen LogP contribution in [0, 0.1) is 0 Å². The lowest BCUT2D eigenvalue weighted by Gasteiger charge is -2.14. The summed E-state index contributed by atoms with van der Waals surface area (Å²) in [6.45, 7) is 4.36. The molecule has 0 atom stereocenters. The molecule has 1 heterocycles. The number of likely N-dealkylation sites (N-methyl/N-ethyl adjacent to an activating group) is 1. The van der Waals surface area contributed by atoms with Gasteiger partial charge in [-0.2, -0.15) is 4.99 Å². The lowest BCUT2D eigenvalue weighted by Crippen LogP contribution is -2.22. The minimum Gasteiger partial charge on any atom is -0.378 e. The number of nitrogens with zero attached hydrogens (tertiary/aromatic N) is 3. The SMILES string of the molecule is C=CCN(C)C1=NC(=O)/C(=C\c2ccc(N(C)C)cc2)S1. The molecule has 0 saturated heterocycles. The predicted molar refractivity (Wildman–Crippen MR) is 91.6 cm³/mol. The van der Waals surface area contributed by atoms with E-state index in [1.54, 1.807) is 6.08 Å².